The van der Waals surface area contributed by atoms with E-state index in [1.807, 2.05) is 45.0 Å². The van der Waals surface area contributed by atoms with Gasteiger partial charge in [0.1, 0.15) is 18.3 Å². The summed E-state index contributed by atoms with van der Waals surface area (Å²) in [5.41, 5.74) is 2.07. The molecule has 9 heteroatoms. The summed E-state index contributed by atoms with van der Waals surface area (Å²) in [4.78, 5) is 28.0. The van der Waals surface area contributed by atoms with Gasteiger partial charge in [-0.15, -0.1) is 0 Å². The minimum absolute atomic E-state index is 0.0492. The minimum atomic E-state index is -3.76. The first-order valence-corrected chi connectivity index (χ1v) is 13.6. The molecule has 0 bridgehead atoms. The summed E-state index contributed by atoms with van der Waals surface area (Å²) in [5, 5.41) is 2.92. The second-order valence-electron chi connectivity index (χ2n) is 8.62. The molecule has 2 amide bonds. The molecule has 0 heterocycles. The van der Waals surface area contributed by atoms with Crippen LogP contribution in [0.2, 0.25) is 0 Å². The van der Waals surface area contributed by atoms with Gasteiger partial charge < -0.3 is 15.0 Å². The first kappa shape index (κ1) is 28.2. The Morgan fingerprint density at radius 3 is 2.20 bits per heavy atom. The van der Waals surface area contributed by atoms with Crippen LogP contribution in [0.15, 0.2) is 48.5 Å². The molecule has 8 nitrogen and oxygen atoms in total. The number of nitrogens with zero attached hydrogens (tertiary/aromatic N) is 2. The zero-order chi connectivity index (χ0) is 26.2. The van der Waals surface area contributed by atoms with Gasteiger partial charge in [-0.1, -0.05) is 44.2 Å². The lowest BCUT2D eigenvalue weighted by Gasteiger charge is -2.32. The van der Waals surface area contributed by atoms with Gasteiger partial charge >= 0.3 is 0 Å². The van der Waals surface area contributed by atoms with Gasteiger partial charge in [0, 0.05) is 12.6 Å². The monoisotopic (exact) mass is 503 g/mol. The zero-order valence-electron chi connectivity index (χ0n) is 21.4. The van der Waals surface area contributed by atoms with Crippen molar-refractivity contribution >= 4 is 27.5 Å². The summed E-state index contributed by atoms with van der Waals surface area (Å²) in [6.45, 7) is 7.18. The summed E-state index contributed by atoms with van der Waals surface area (Å²) in [6, 6.07) is 13.5. The molecule has 35 heavy (non-hydrogen) atoms. The number of benzene rings is 2. The van der Waals surface area contributed by atoms with E-state index < -0.39 is 28.5 Å². The van der Waals surface area contributed by atoms with E-state index in [2.05, 4.69) is 5.32 Å². The molecule has 0 aliphatic carbocycles. The van der Waals surface area contributed by atoms with Crippen molar-refractivity contribution in [2.75, 3.05) is 24.2 Å². The van der Waals surface area contributed by atoms with Gasteiger partial charge in [0.15, 0.2) is 0 Å². The Bertz CT molecular complexity index is 1100. The van der Waals surface area contributed by atoms with Gasteiger partial charge in [-0.3, -0.25) is 13.9 Å². The molecule has 2 aromatic rings. The Hall–Kier alpha value is -3.07. The van der Waals surface area contributed by atoms with Crippen molar-refractivity contribution in [2.45, 2.75) is 59.2 Å². The van der Waals surface area contributed by atoms with Gasteiger partial charge in [-0.2, -0.15) is 0 Å². The molecule has 1 N–H and O–H groups in total. The number of hydrogen-bond acceptors (Lipinski definition) is 5. The average Bonchev–Trinajstić information content (AvgIpc) is 2.84. The van der Waals surface area contributed by atoms with Crippen LogP contribution in [0.3, 0.4) is 0 Å². The van der Waals surface area contributed by atoms with Gasteiger partial charge in [0.2, 0.25) is 21.8 Å². The molecule has 0 saturated heterocycles. The number of rotatable bonds is 12. The van der Waals surface area contributed by atoms with Gasteiger partial charge in [-0.25, -0.2) is 8.42 Å². The Balaban J connectivity index is 2.41. The summed E-state index contributed by atoms with van der Waals surface area (Å²) in [7, 11) is -2.19. The lowest BCUT2D eigenvalue weighted by molar-refractivity contribution is -0.139. The summed E-state index contributed by atoms with van der Waals surface area (Å²) < 4.78 is 31.8. The normalized spacial score (nSPS) is 13.0. The molecule has 2 aromatic carbocycles. The van der Waals surface area contributed by atoms with E-state index in [-0.39, 0.29) is 18.5 Å². The highest BCUT2D eigenvalue weighted by Crippen LogP contribution is 2.24. The van der Waals surface area contributed by atoms with Crippen molar-refractivity contribution in [3.8, 4) is 5.75 Å². The van der Waals surface area contributed by atoms with Crippen LogP contribution >= 0.6 is 0 Å². The molecular weight excluding hydrogens is 466 g/mol. The number of carbonyl (C=O) groups excluding carboxylic acids is 2. The second kappa shape index (κ2) is 12.6. The quantitative estimate of drug-likeness (QED) is 0.479. The maximum absolute atomic E-state index is 13.6. The van der Waals surface area contributed by atoms with Gasteiger partial charge in [0.25, 0.3) is 0 Å². The fraction of sp³-hybridized carbons (Fsp3) is 0.462. The number of ether oxygens (including phenoxy) is 1. The lowest BCUT2D eigenvalue weighted by Crippen LogP contribution is -2.52. The SMILES string of the molecule is CCc1ccccc1N(CC(=O)N(Cc1ccc(OC)cc1)[C@@H](C)C(=O)N[C@H](C)CC)S(C)(=O)=O. The molecule has 0 saturated carbocycles. The highest BCUT2D eigenvalue weighted by atomic mass is 32.2. The topological polar surface area (TPSA) is 96.0 Å². The number of aryl methyl sites for hydroxylation is 1. The largest absolute Gasteiger partial charge is 0.497 e. The van der Waals surface area contributed by atoms with Gasteiger partial charge in [-0.05, 0) is 56.0 Å². The average molecular weight is 504 g/mol. The van der Waals surface area contributed by atoms with E-state index >= 15 is 0 Å². The van der Waals surface area contributed by atoms with Crippen LogP contribution in [0.5, 0.6) is 5.75 Å². The van der Waals surface area contributed by atoms with Crippen molar-refractivity contribution in [1.29, 1.82) is 0 Å². The van der Waals surface area contributed by atoms with Crippen LogP contribution in [0.4, 0.5) is 5.69 Å². The Labute approximate surface area is 209 Å². The molecule has 0 fully saturated rings. The smallest absolute Gasteiger partial charge is 0.244 e. The molecule has 2 atom stereocenters. The molecule has 0 aromatic heterocycles. The fourth-order valence-electron chi connectivity index (χ4n) is 3.62. The Morgan fingerprint density at radius 1 is 1.03 bits per heavy atom. The number of methoxy groups -OCH3 is 1. The Morgan fingerprint density at radius 2 is 1.66 bits per heavy atom. The van der Waals surface area contributed by atoms with Crippen molar-refractivity contribution in [3.05, 3.63) is 59.7 Å². The van der Waals surface area contributed by atoms with E-state index in [1.165, 1.54) is 4.90 Å². The first-order chi connectivity index (χ1) is 16.5. The predicted molar refractivity (Wildman–Crippen MR) is 139 cm³/mol. The van der Waals surface area contributed by atoms with Crippen molar-refractivity contribution in [2.24, 2.45) is 0 Å². The number of amides is 2. The molecule has 192 valence electrons. The third kappa shape index (κ3) is 7.71. The van der Waals surface area contributed by atoms with E-state index in [1.54, 1.807) is 38.3 Å². The van der Waals surface area contributed by atoms with Crippen LogP contribution in [-0.2, 0) is 32.6 Å². The summed E-state index contributed by atoms with van der Waals surface area (Å²) >= 11 is 0. The molecule has 0 unspecified atom stereocenters. The van der Waals surface area contributed by atoms with Crippen LogP contribution in [0.1, 0.15) is 45.2 Å². The number of hydrogen-bond donors (Lipinski definition) is 1. The summed E-state index contributed by atoms with van der Waals surface area (Å²) in [5.74, 6) is -0.0846. The van der Waals surface area contributed by atoms with Crippen molar-refractivity contribution in [3.63, 3.8) is 0 Å². The number of sulfonamides is 1. The van der Waals surface area contributed by atoms with Crippen LogP contribution in [-0.4, -0.2) is 57.1 Å². The molecule has 0 radical (unpaired) electrons. The van der Waals surface area contributed by atoms with Crippen LogP contribution < -0.4 is 14.4 Å². The molecule has 0 aliphatic rings. The third-order valence-electron chi connectivity index (χ3n) is 6.00. The Kier molecular flexibility index (Phi) is 10.1. The summed E-state index contributed by atoms with van der Waals surface area (Å²) in [6.07, 6.45) is 2.44. The second-order valence-corrected chi connectivity index (χ2v) is 10.5. The predicted octanol–water partition coefficient (Wildman–Crippen LogP) is 3.36. The first-order valence-electron chi connectivity index (χ1n) is 11.8. The minimum Gasteiger partial charge on any atom is -0.497 e. The molecular formula is C26H37N3O5S. The maximum Gasteiger partial charge on any atom is 0.244 e. The van der Waals surface area contributed by atoms with E-state index in [9.17, 15) is 18.0 Å². The molecule has 0 aliphatic heterocycles. The lowest BCUT2D eigenvalue weighted by atomic mass is 10.1. The van der Waals surface area contributed by atoms with Gasteiger partial charge in [0.05, 0.1) is 19.1 Å². The third-order valence-corrected chi connectivity index (χ3v) is 7.13. The van der Waals surface area contributed by atoms with Crippen molar-refractivity contribution < 1.29 is 22.7 Å². The molecule has 0 spiro atoms. The van der Waals surface area contributed by atoms with Crippen molar-refractivity contribution in [1.82, 2.24) is 10.2 Å². The number of carbonyl (C=O) groups is 2. The maximum atomic E-state index is 13.6. The van der Waals surface area contributed by atoms with E-state index in [0.29, 0.717) is 17.9 Å². The zero-order valence-corrected chi connectivity index (χ0v) is 22.3. The highest BCUT2D eigenvalue weighted by molar-refractivity contribution is 7.92. The number of anilines is 1. The van der Waals surface area contributed by atoms with E-state index in [0.717, 1.165) is 28.1 Å². The molecule has 2 rings (SSSR count). The fourth-order valence-corrected chi connectivity index (χ4v) is 4.50. The standard InChI is InChI=1S/C26H37N3O5S/c1-7-19(3)27-26(31)20(4)28(17-21-13-15-23(34-5)16-14-21)25(30)18-29(35(6,32)33)24-12-10-9-11-22(24)8-2/h9-16,19-20H,7-8,17-18H2,1-6H3,(H,27,31)/t19-,20+/m1/s1. The van der Waals surface area contributed by atoms with Crippen LogP contribution in [0.25, 0.3) is 0 Å². The number of para-hydroxylation sites is 1. The van der Waals surface area contributed by atoms with Crippen LogP contribution in [0, 0.1) is 0 Å². The van der Waals surface area contributed by atoms with E-state index in [4.69, 9.17) is 4.74 Å². The number of nitrogens with one attached hydrogen (secondary N) is 1. The highest BCUT2D eigenvalue weighted by Gasteiger charge is 2.31.